The van der Waals surface area contributed by atoms with E-state index in [1.807, 2.05) is 11.8 Å². The molecule has 1 fully saturated rings. The Bertz CT molecular complexity index is 616. The van der Waals surface area contributed by atoms with Crippen LogP contribution >= 0.6 is 0 Å². The lowest BCUT2D eigenvalue weighted by molar-refractivity contribution is -0.134. The van der Waals surface area contributed by atoms with E-state index in [9.17, 15) is 9.59 Å². The average molecular weight is 479 g/mol. The predicted octanol–water partition coefficient (Wildman–Crippen LogP) is 6.48. The highest BCUT2D eigenvalue weighted by molar-refractivity contribution is 6.06. The van der Waals surface area contributed by atoms with Crippen molar-refractivity contribution >= 4 is 11.9 Å². The van der Waals surface area contributed by atoms with Gasteiger partial charge in [0.25, 0.3) is 5.91 Å². The lowest BCUT2D eigenvalue weighted by atomic mass is 9.93. The summed E-state index contributed by atoms with van der Waals surface area (Å²) in [6.07, 6.45) is 12.5. The van der Waals surface area contributed by atoms with Crippen molar-refractivity contribution in [1.82, 2.24) is 19.6 Å². The molecule has 0 aliphatic carbocycles. The molecule has 1 saturated heterocycles. The Labute approximate surface area is 210 Å². The minimum Gasteiger partial charge on any atom is -0.297 e. The molecule has 198 valence electrons. The molecule has 0 aromatic rings. The third-order valence-electron chi connectivity index (χ3n) is 6.94. The first-order valence-electron chi connectivity index (χ1n) is 14.0. The van der Waals surface area contributed by atoms with Crippen LogP contribution in [0.5, 0.6) is 0 Å². The molecule has 1 aliphatic heterocycles. The monoisotopic (exact) mass is 478 g/mol. The van der Waals surface area contributed by atoms with Crippen molar-refractivity contribution in [2.75, 3.05) is 39.5 Å². The second-order valence-electron chi connectivity index (χ2n) is 10.5. The van der Waals surface area contributed by atoms with Crippen LogP contribution in [0.3, 0.4) is 0 Å². The highest BCUT2D eigenvalue weighted by Crippen LogP contribution is 2.33. The smallest absolute Gasteiger partial charge is 0.297 e. The highest BCUT2D eigenvalue weighted by Gasteiger charge is 2.54. The van der Waals surface area contributed by atoms with Gasteiger partial charge in [0.15, 0.2) is 0 Å². The third-order valence-corrected chi connectivity index (χ3v) is 6.94. The summed E-state index contributed by atoms with van der Waals surface area (Å²) in [6, 6.07) is -0.110. The van der Waals surface area contributed by atoms with E-state index in [-0.39, 0.29) is 11.9 Å². The van der Waals surface area contributed by atoms with E-state index in [1.165, 1.54) is 5.57 Å². The SMILES string of the molecule is CCCCN(CCCC)CN1C(=O)N(CN(CCCC)CCCC)C(C)(CCC=C(C)C)C1=O. The summed E-state index contributed by atoms with van der Waals surface area (Å²) < 4.78 is 0. The lowest BCUT2D eigenvalue weighted by Gasteiger charge is -2.36. The molecule has 3 amide bonds. The Morgan fingerprint density at radius 3 is 1.65 bits per heavy atom. The van der Waals surface area contributed by atoms with E-state index in [2.05, 4.69) is 57.4 Å². The van der Waals surface area contributed by atoms with Gasteiger partial charge in [-0.2, -0.15) is 0 Å². The number of allylic oxidation sites excluding steroid dienone is 2. The third kappa shape index (κ3) is 9.33. The van der Waals surface area contributed by atoms with E-state index in [1.54, 1.807) is 4.90 Å². The normalized spacial score (nSPS) is 18.6. The fraction of sp³-hybridized carbons (Fsp3) is 0.857. The van der Waals surface area contributed by atoms with Crippen molar-refractivity contribution in [3.63, 3.8) is 0 Å². The van der Waals surface area contributed by atoms with Crippen LogP contribution in [0.4, 0.5) is 4.79 Å². The zero-order valence-electron chi connectivity index (χ0n) is 23.5. The Kier molecular flexibility index (Phi) is 14.7. The summed E-state index contributed by atoms with van der Waals surface area (Å²) >= 11 is 0. The molecule has 0 aromatic heterocycles. The van der Waals surface area contributed by atoms with Gasteiger partial charge >= 0.3 is 6.03 Å². The zero-order valence-corrected chi connectivity index (χ0v) is 23.5. The summed E-state index contributed by atoms with van der Waals surface area (Å²) in [5.74, 6) is -0.0245. The Hall–Kier alpha value is -1.40. The number of hydrogen-bond acceptors (Lipinski definition) is 4. The summed E-state index contributed by atoms with van der Waals surface area (Å²) in [4.78, 5) is 35.7. The van der Waals surface area contributed by atoms with E-state index >= 15 is 0 Å². The van der Waals surface area contributed by atoms with Crippen LogP contribution in [0.1, 0.15) is 113 Å². The Morgan fingerprint density at radius 1 is 0.794 bits per heavy atom. The standard InChI is InChI=1S/C28H54N4O2/c1-8-12-19-29(20-13-9-2)23-31-26(33)28(7,18-16-17-25(5)6)32(27(31)34)24-30(21-14-10-3)22-15-11-4/h17H,8-16,18-24H2,1-7H3. The number of rotatable bonds is 19. The topological polar surface area (TPSA) is 47.1 Å². The summed E-state index contributed by atoms with van der Waals surface area (Å²) in [7, 11) is 0. The van der Waals surface area contributed by atoms with Crippen molar-refractivity contribution < 1.29 is 9.59 Å². The molecule has 6 nitrogen and oxygen atoms in total. The van der Waals surface area contributed by atoms with Gasteiger partial charge in [-0.25, -0.2) is 9.69 Å². The number of amides is 3. The number of urea groups is 1. The number of unbranched alkanes of at least 4 members (excludes halogenated alkanes) is 4. The lowest BCUT2D eigenvalue weighted by Crippen LogP contribution is -2.51. The number of carbonyl (C=O) groups is 2. The van der Waals surface area contributed by atoms with E-state index in [0.717, 1.165) is 84.0 Å². The Balaban J connectivity index is 3.17. The fourth-order valence-corrected chi connectivity index (χ4v) is 4.51. The van der Waals surface area contributed by atoms with Crippen LogP contribution in [0.15, 0.2) is 11.6 Å². The molecular formula is C28H54N4O2. The number of carbonyl (C=O) groups excluding carboxylic acids is 2. The van der Waals surface area contributed by atoms with Gasteiger partial charge in [0.1, 0.15) is 5.54 Å². The minimum atomic E-state index is -0.791. The Morgan fingerprint density at radius 2 is 1.24 bits per heavy atom. The molecule has 34 heavy (non-hydrogen) atoms. The molecule has 6 heteroatoms. The molecular weight excluding hydrogens is 424 g/mol. The van der Waals surface area contributed by atoms with Crippen LogP contribution in [-0.2, 0) is 4.79 Å². The highest BCUT2D eigenvalue weighted by atomic mass is 16.2. The number of imide groups is 1. The van der Waals surface area contributed by atoms with Crippen LogP contribution < -0.4 is 0 Å². The molecule has 0 bridgehead atoms. The number of nitrogens with zero attached hydrogens (tertiary/aromatic N) is 4. The molecule has 0 spiro atoms. The summed E-state index contributed by atoms with van der Waals surface area (Å²) in [6.45, 7) is 19.7. The molecule has 0 radical (unpaired) electrons. The van der Waals surface area contributed by atoms with Crippen molar-refractivity contribution in [1.29, 1.82) is 0 Å². The van der Waals surface area contributed by atoms with Gasteiger partial charge in [-0.05, 0) is 85.5 Å². The van der Waals surface area contributed by atoms with Gasteiger partial charge in [0, 0.05) is 0 Å². The van der Waals surface area contributed by atoms with Crippen molar-refractivity contribution in [2.24, 2.45) is 0 Å². The van der Waals surface area contributed by atoms with Crippen LogP contribution in [0, 0.1) is 0 Å². The second-order valence-corrected chi connectivity index (χ2v) is 10.5. The van der Waals surface area contributed by atoms with Gasteiger partial charge in [-0.1, -0.05) is 65.0 Å². The number of hydrogen-bond donors (Lipinski definition) is 0. The molecule has 1 atom stereocenters. The van der Waals surface area contributed by atoms with Crippen molar-refractivity contribution in [3.05, 3.63) is 11.6 Å². The van der Waals surface area contributed by atoms with Crippen LogP contribution in [-0.4, -0.2) is 76.6 Å². The zero-order chi connectivity index (χ0) is 25.6. The summed E-state index contributed by atoms with van der Waals surface area (Å²) in [5.41, 5.74) is 0.461. The first-order valence-corrected chi connectivity index (χ1v) is 14.0. The maximum Gasteiger partial charge on any atom is 0.329 e. The first kappa shape index (κ1) is 30.6. The van der Waals surface area contributed by atoms with E-state index < -0.39 is 5.54 Å². The summed E-state index contributed by atoms with van der Waals surface area (Å²) in [5, 5.41) is 0. The van der Waals surface area contributed by atoms with Gasteiger partial charge in [0.2, 0.25) is 0 Å². The van der Waals surface area contributed by atoms with Gasteiger partial charge < -0.3 is 0 Å². The molecule has 0 saturated carbocycles. The maximum atomic E-state index is 13.8. The molecule has 1 heterocycles. The van der Waals surface area contributed by atoms with Crippen LogP contribution in [0.2, 0.25) is 0 Å². The molecule has 1 aliphatic rings. The van der Waals surface area contributed by atoms with Crippen molar-refractivity contribution in [3.8, 4) is 0 Å². The first-order chi connectivity index (χ1) is 16.2. The molecule has 1 unspecified atom stereocenters. The molecule has 0 aromatic carbocycles. The molecule has 1 rings (SSSR count). The minimum absolute atomic E-state index is 0.0245. The quantitative estimate of drug-likeness (QED) is 0.158. The predicted molar refractivity (Wildman–Crippen MR) is 144 cm³/mol. The fourth-order valence-electron chi connectivity index (χ4n) is 4.51. The van der Waals surface area contributed by atoms with Crippen molar-refractivity contribution in [2.45, 2.75) is 118 Å². The van der Waals surface area contributed by atoms with Gasteiger partial charge in [-0.15, -0.1) is 0 Å². The van der Waals surface area contributed by atoms with Gasteiger partial charge in [-0.3, -0.25) is 19.5 Å². The van der Waals surface area contributed by atoms with Gasteiger partial charge in [0.05, 0.1) is 13.3 Å². The van der Waals surface area contributed by atoms with Crippen LogP contribution in [0.25, 0.3) is 0 Å². The largest absolute Gasteiger partial charge is 0.329 e. The molecule has 0 N–H and O–H groups in total. The van der Waals surface area contributed by atoms with E-state index in [0.29, 0.717) is 19.8 Å². The second kappa shape index (κ2) is 16.3. The van der Waals surface area contributed by atoms with E-state index in [4.69, 9.17) is 0 Å². The maximum absolute atomic E-state index is 13.8. The average Bonchev–Trinajstić information content (AvgIpc) is 2.97.